The fraction of sp³-hybridized carbons (Fsp3) is 0.533. The fourth-order valence-corrected chi connectivity index (χ4v) is 2.26. The summed E-state index contributed by atoms with van der Waals surface area (Å²) in [6, 6.07) is 1.89. The second-order valence-corrected chi connectivity index (χ2v) is 5.83. The Hall–Kier alpha value is -1.95. The molecule has 1 aliphatic heterocycles. The van der Waals surface area contributed by atoms with Crippen LogP contribution in [0.25, 0.3) is 11.0 Å². The highest BCUT2D eigenvalue weighted by Crippen LogP contribution is 2.26. The van der Waals surface area contributed by atoms with Gasteiger partial charge in [-0.3, -0.25) is 0 Å². The zero-order valence-electron chi connectivity index (χ0n) is 12.4. The summed E-state index contributed by atoms with van der Waals surface area (Å²) in [6.45, 7) is 6.22. The van der Waals surface area contributed by atoms with Crippen LogP contribution in [0.15, 0.2) is 18.6 Å². The van der Waals surface area contributed by atoms with Crippen molar-refractivity contribution in [2.75, 3.05) is 24.6 Å². The molecule has 21 heavy (non-hydrogen) atoms. The van der Waals surface area contributed by atoms with Crippen molar-refractivity contribution < 1.29 is 9.84 Å². The van der Waals surface area contributed by atoms with Crippen LogP contribution in [0.3, 0.4) is 0 Å². The van der Waals surface area contributed by atoms with Gasteiger partial charge in [0.25, 0.3) is 0 Å². The zero-order chi connectivity index (χ0) is 14.8. The van der Waals surface area contributed by atoms with Crippen LogP contribution in [0.5, 0.6) is 5.75 Å². The molecule has 1 fully saturated rings. The van der Waals surface area contributed by atoms with Crippen LogP contribution >= 0.6 is 0 Å². The number of nitrogens with zero attached hydrogens (tertiary/aromatic N) is 4. The van der Waals surface area contributed by atoms with Gasteiger partial charge in [-0.2, -0.15) is 0 Å². The quantitative estimate of drug-likeness (QED) is 0.901. The molecule has 112 valence electrons. The second kappa shape index (κ2) is 5.81. The van der Waals surface area contributed by atoms with Gasteiger partial charge in [-0.25, -0.2) is 15.0 Å². The van der Waals surface area contributed by atoms with Gasteiger partial charge in [0.15, 0.2) is 5.82 Å². The van der Waals surface area contributed by atoms with E-state index in [2.05, 4.69) is 28.8 Å². The predicted molar refractivity (Wildman–Crippen MR) is 80.5 cm³/mol. The van der Waals surface area contributed by atoms with Gasteiger partial charge in [0.1, 0.15) is 17.6 Å². The molecule has 0 radical (unpaired) electrons. The molecule has 1 aliphatic rings. The maximum Gasteiger partial charge on any atom is 0.158 e. The summed E-state index contributed by atoms with van der Waals surface area (Å²) in [4.78, 5) is 15.0. The Bertz CT molecular complexity index is 626. The minimum absolute atomic E-state index is 0.270. The minimum atomic E-state index is -0.270. The van der Waals surface area contributed by atoms with Crippen molar-refractivity contribution in [3.05, 3.63) is 18.6 Å². The van der Waals surface area contributed by atoms with E-state index in [1.165, 1.54) is 6.33 Å². The highest BCUT2D eigenvalue weighted by Gasteiger charge is 2.27. The van der Waals surface area contributed by atoms with Gasteiger partial charge in [-0.05, 0) is 12.3 Å². The molecule has 2 aromatic rings. The SMILES string of the molecule is CC(C)CCOc1cnc2c(N3CC(O)C3)ncnc2c1. The molecule has 1 saturated heterocycles. The molecule has 0 aromatic carbocycles. The number of aliphatic hydroxyl groups is 1. The standard InChI is InChI=1S/C15H20N4O2/c1-10(2)3-4-21-12-5-13-14(16-6-12)15(18-9-17-13)19-7-11(20)8-19/h5-6,9-11,20H,3-4,7-8H2,1-2H3. The molecule has 0 amide bonds. The molecule has 0 aliphatic carbocycles. The molecule has 3 rings (SSSR count). The number of fused-ring (bicyclic) bond motifs is 1. The van der Waals surface area contributed by atoms with Crippen LogP contribution < -0.4 is 9.64 Å². The predicted octanol–water partition coefficient (Wildman–Crippen LogP) is 1.63. The van der Waals surface area contributed by atoms with E-state index in [-0.39, 0.29) is 6.10 Å². The summed E-state index contributed by atoms with van der Waals surface area (Å²) in [5.74, 6) is 2.13. The van der Waals surface area contributed by atoms with Crippen molar-refractivity contribution in [3.8, 4) is 5.75 Å². The Kier molecular flexibility index (Phi) is 3.88. The van der Waals surface area contributed by atoms with Crippen LogP contribution in [0.1, 0.15) is 20.3 Å². The first-order valence-electron chi connectivity index (χ1n) is 7.30. The largest absolute Gasteiger partial charge is 0.492 e. The highest BCUT2D eigenvalue weighted by atomic mass is 16.5. The van der Waals surface area contributed by atoms with Crippen molar-refractivity contribution in [1.29, 1.82) is 0 Å². The van der Waals surface area contributed by atoms with Gasteiger partial charge in [-0.15, -0.1) is 0 Å². The van der Waals surface area contributed by atoms with Crippen molar-refractivity contribution in [2.24, 2.45) is 5.92 Å². The van der Waals surface area contributed by atoms with E-state index in [4.69, 9.17) is 4.74 Å². The van der Waals surface area contributed by atoms with E-state index in [0.717, 1.165) is 29.0 Å². The number of hydrogen-bond donors (Lipinski definition) is 1. The maximum absolute atomic E-state index is 9.41. The molecular weight excluding hydrogens is 268 g/mol. The van der Waals surface area contributed by atoms with E-state index in [9.17, 15) is 5.11 Å². The average Bonchev–Trinajstić information content (AvgIpc) is 2.43. The number of rotatable bonds is 5. The van der Waals surface area contributed by atoms with Crippen molar-refractivity contribution in [1.82, 2.24) is 15.0 Å². The van der Waals surface area contributed by atoms with Gasteiger partial charge in [-0.1, -0.05) is 13.8 Å². The molecule has 6 nitrogen and oxygen atoms in total. The van der Waals surface area contributed by atoms with E-state index in [0.29, 0.717) is 25.6 Å². The van der Waals surface area contributed by atoms with Gasteiger partial charge in [0, 0.05) is 19.2 Å². The number of aliphatic hydroxyl groups excluding tert-OH is 1. The van der Waals surface area contributed by atoms with Gasteiger partial charge in [0.2, 0.25) is 0 Å². The lowest BCUT2D eigenvalue weighted by Gasteiger charge is -2.36. The van der Waals surface area contributed by atoms with Gasteiger partial charge in [0.05, 0.1) is 24.4 Å². The van der Waals surface area contributed by atoms with Crippen molar-refractivity contribution in [2.45, 2.75) is 26.4 Å². The van der Waals surface area contributed by atoms with Crippen LogP contribution in [0.4, 0.5) is 5.82 Å². The molecule has 2 aromatic heterocycles. The van der Waals surface area contributed by atoms with Crippen LogP contribution in [-0.4, -0.2) is 45.9 Å². The monoisotopic (exact) mass is 288 g/mol. The second-order valence-electron chi connectivity index (χ2n) is 5.83. The Balaban J connectivity index is 1.79. The molecular formula is C15H20N4O2. The summed E-state index contributed by atoms with van der Waals surface area (Å²) in [5, 5.41) is 9.41. The number of β-amino-alcohol motifs (C(OH)–C–C–N with tert-alkyl or cyclic N) is 1. The Labute approximate surface area is 123 Å². The summed E-state index contributed by atoms with van der Waals surface area (Å²) in [6.07, 6.45) is 3.99. The first-order chi connectivity index (χ1) is 10.1. The molecule has 3 heterocycles. The normalized spacial score (nSPS) is 15.5. The van der Waals surface area contributed by atoms with Gasteiger partial charge >= 0.3 is 0 Å². The fourth-order valence-electron chi connectivity index (χ4n) is 2.26. The third kappa shape index (κ3) is 3.05. The van der Waals surface area contributed by atoms with E-state index in [1.807, 2.05) is 11.0 Å². The molecule has 1 N–H and O–H groups in total. The smallest absolute Gasteiger partial charge is 0.158 e. The average molecular weight is 288 g/mol. The Morgan fingerprint density at radius 1 is 1.33 bits per heavy atom. The minimum Gasteiger partial charge on any atom is -0.492 e. The molecule has 0 bridgehead atoms. The first kappa shape index (κ1) is 14.0. The summed E-state index contributed by atoms with van der Waals surface area (Å²) in [7, 11) is 0. The van der Waals surface area contributed by atoms with E-state index >= 15 is 0 Å². The lowest BCUT2D eigenvalue weighted by Crippen LogP contribution is -2.51. The van der Waals surface area contributed by atoms with E-state index in [1.54, 1.807) is 6.20 Å². The third-order valence-corrected chi connectivity index (χ3v) is 3.56. The van der Waals surface area contributed by atoms with Gasteiger partial charge < -0.3 is 14.7 Å². The topological polar surface area (TPSA) is 71.4 Å². The lowest BCUT2D eigenvalue weighted by atomic mass is 10.1. The molecule has 0 spiro atoms. The molecule has 0 unspecified atom stereocenters. The number of ether oxygens (including phenoxy) is 1. The zero-order valence-corrected chi connectivity index (χ0v) is 12.4. The summed E-state index contributed by atoms with van der Waals surface area (Å²) < 4.78 is 5.71. The van der Waals surface area contributed by atoms with E-state index < -0.39 is 0 Å². The molecule has 6 heteroatoms. The molecule has 0 saturated carbocycles. The van der Waals surface area contributed by atoms with Crippen molar-refractivity contribution >= 4 is 16.9 Å². The van der Waals surface area contributed by atoms with Crippen LogP contribution in [0, 0.1) is 5.92 Å². The third-order valence-electron chi connectivity index (χ3n) is 3.56. The summed E-state index contributed by atoms with van der Waals surface area (Å²) >= 11 is 0. The van der Waals surface area contributed by atoms with Crippen LogP contribution in [0.2, 0.25) is 0 Å². The summed E-state index contributed by atoms with van der Waals surface area (Å²) in [5.41, 5.74) is 1.52. The Morgan fingerprint density at radius 2 is 2.14 bits per heavy atom. The first-order valence-corrected chi connectivity index (χ1v) is 7.30. The van der Waals surface area contributed by atoms with Crippen LogP contribution in [-0.2, 0) is 0 Å². The highest BCUT2D eigenvalue weighted by molar-refractivity contribution is 5.86. The molecule has 0 atom stereocenters. The maximum atomic E-state index is 9.41. The van der Waals surface area contributed by atoms with Crippen molar-refractivity contribution in [3.63, 3.8) is 0 Å². The lowest BCUT2D eigenvalue weighted by molar-refractivity contribution is 0.141. The number of pyridine rings is 1. The number of hydrogen-bond acceptors (Lipinski definition) is 6. The Morgan fingerprint density at radius 3 is 2.86 bits per heavy atom. The number of aromatic nitrogens is 3. The number of anilines is 1.